The Morgan fingerprint density at radius 3 is 2.70 bits per heavy atom. The third kappa shape index (κ3) is 4.46. The fraction of sp³-hybridized carbons (Fsp3) is 0.688. The van der Waals surface area contributed by atoms with Gasteiger partial charge in [-0.1, -0.05) is 13.8 Å². The summed E-state index contributed by atoms with van der Waals surface area (Å²) < 4.78 is 5.78. The molecule has 2 heterocycles. The molecule has 1 fully saturated rings. The van der Waals surface area contributed by atoms with Crippen LogP contribution in [-0.2, 0) is 11.3 Å². The van der Waals surface area contributed by atoms with Crippen LogP contribution in [0, 0.1) is 5.92 Å². The lowest BCUT2D eigenvalue weighted by Crippen LogP contribution is -2.45. The maximum Gasteiger partial charge on any atom is 0.128 e. The van der Waals surface area contributed by atoms with Crippen molar-refractivity contribution < 1.29 is 4.74 Å². The highest BCUT2D eigenvalue weighted by Gasteiger charge is 2.23. The lowest BCUT2D eigenvalue weighted by Gasteiger charge is -2.36. The van der Waals surface area contributed by atoms with Gasteiger partial charge in [0, 0.05) is 25.8 Å². The van der Waals surface area contributed by atoms with Crippen LogP contribution in [0.3, 0.4) is 0 Å². The zero-order chi connectivity index (χ0) is 14.5. The molecule has 0 spiro atoms. The molecular formula is C16H27N3O. The molecule has 1 aromatic heterocycles. The summed E-state index contributed by atoms with van der Waals surface area (Å²) in [5.41, 5.74) is 1.29. The number of anilines is 1. The van der Waals surface area contributed by atoms with E-state index in [0.717, 1.165) is 32.0 Å². The van der Waals surface area contributed by atoms with Gasteiger partial charge < -0.3 is 15.0 Å². The van der Waals surface area contributed by atoms with Crippen LogP contribution in [0.2, 0.25) is 0 Å². The molecule has 0 aliphatic carbocycles. The predicted octanol–water partition coefficient (Wildman–Crippen LogP) is 2.44. The van der Waals surface area contributed by atoms with Gasteiger partial charge in [0.25, 0.3) is 0 Å². The highest BCUT2D eigenvalue weighted by molar-refractivity contribution is 5.41. The van der Waals surface area contributed by atoms with Crippen molar-refractivity contribution in [2.45, 2.75) is 46.4 Å². The topological polar surface area (TPSA) is 37.4 Å². The first-order chi connectivity index (χ1) is 9.54. The molecule has 2 rings (SSSR count). The molecule has 1 saturated heterocycles. The molecule has 2 atom stereocenters. The number of pyridine rings is 1. The quantitative estimate of drug-likeness (QED) is 0.897. The van der Waals surface area contributed by atoms with Crippen LogP contribution < -0.4 is 10.2 Å². The van der Waals surface area contributed by atoms with Crippen LogP contribution in [0.5, 0.6) is 0 Å². The molecule has 4 nitrogen and oxygen atoms in total. The number of hydrogen-bond donors (Lipinski definition) is 1. The highest BCUT2D eigenvalue weighted by Crippen LogP contribution is 2.19. The third-order valence-corrected chi connectivity index (χ3v) is 3.44. The van der Waals surface area contributed by atoms with Gasteiger partial charge in [-0.3, -0.25) is 0 Å². The molecule has 0 radical (unpaired) electrons. The van der Waals surface area contributed by atoms with E-state index in [0.29, 0.717) is 5.92 Å². The molecule has 1 aliphatic heterocycles. The minimum absolute atomic E-state index is 0.267. The molecule has 0 bridgehead atoms. The number of aromatic nitrogens is 1. The van der Waals surface area contributed by atoms with Crippen molar-refractivity contribution >= 4 is 5.82 Å². The second-order valence-electron chi connectivity index (χ2n) is 6.21. The summed E-state index contributed by atoms with van der Waals surface area (Å²) in [5, 5.41) is 3.48. The second kappa shape index (κ2) is 7.04. The first-order valence-electron chi connectivity index (χ1n) is 7.60. The first kappa shape index (κ1) is 15.3. The number of ether oxygens (including phenoxy) is 1. The Kier molecular flexibility index (Phi) is 5.38. The van der Waals surface area contributed by atoms with Gasteiger partial charge in [-0.25, -0.2) is 4.98 Å². The van der Waals surface area contributed by atoms with Crippen molar-refractivity contribution in [3.8, 4) is 0 Å². The highest BCUT2D eigenvalue weighted by atomic mass is 16.5. The number of morpholine rings is 1. The second-order valence-corrected chi connectivity index (χ2v) is 6.21. The summed E-state index contributed by atoms with van der Waals surface area (Å²) in [4.78, 5) is 6.84. The smallest absolute Gasteiger partial charge is 0.128 e. The lowest BCUT2D eigenvalue weighted by atomic mass is 10.2. The Hall–Kier alpha value is -1.13. The number of nitrogens with zero attached hydrogens (tertiary/aromatic N) is 2. The summed E-state index contributed by atoms with van der Waals surface area (Å²) in [5.74, 6) is 1.74. The monoisotopic (exact) mass is 277 g/mol. The summed E-state index contributed by atoms with van der Waals surface area (Å²) in [7, 11) is 0. The van der Waals surface area contributed by atoms with E-state index in [2.05, 4.69) is 55.0 Å². The zero-order valence-corrected chi connectivity index (χ0v) is 13.1. The Morgan fingerprint density at radius 1 is 1.35 bits per heavy atom. The molecule has 1 aromatic rings. The molecule has 20 heavy (non-hydrogen) atoms. The summed E-state index contributed by atoms with van der Waals surface area (Å²) in [6.07, 6.45) is 2.44. The van der Waals surface area contributed by atoms with Crippen molar-refractivity contribution in [1.29, 1.82) is 0 Å². The molecule has 0 saturated carbocycles. The van der Waals surface area contributed by atoms with E-state index < -0.39 is 0 Å². The average Bonchev–Trinajstić information content (AvgIpc) is 2.37. The zero-order valence-electron chi connectivity index (χ0n) is 13.1. The molecule has 0 aromatic carbocycles. The van der Waals surface area contributed by atoms with Crippen LogP contribution in [-0.4, -0.2) is 36.8 Å². The summed E-state index contributed by atoms with van der Waals surface area (Å²) >= 11 is 0. The fourth-order valence-corrected chi connectivity index (χ4v) is 2.61. The van der Waals surface area contributed by atoms with Gasteiger partial charge >= 0.3 is 0 Å². The predicted molar refractivity (Wildman–Crippen MR) is 83.0 cm³/mol. The van der Waals surface area contributed by atoms with Crippen LogP contribution in [0.1, 0.15) is 33.3 Å². The van der Waals surface area contributed by atoms with Crippen molar-refractivity contribution in [3.05, 3.63) is 23.9 Å². The summed E-state index contributed by atoms with van der Waals surface area (Å²) in [6.45, 7) is 12.5. The number of nitrogens with one attached hydrogen (secondary N) is 1. The van der Waals surface area contributed by atoms with Gasteiger partial charge in [0.05, 0.1) is 12.2 Å². The Labute approximate surface area is 122 Å². The van der Waals surface area contributed by atoms with Gasteiger partial charge in [0.15, 0.2) is 0 Å². The average molecular weight is 277 g/mol. The SMILES string of the molecule is CC(C)CNCc1ccnc(N2CC(C)OC(C)C2)c1. The molecular weight excluding hydrogens is 250 g/mol. The Balaban J connectivity index is 1.98. The molecule has 0 amide bonds. The number of rotatable bonds is 5. The van der Waals surface area contributed by atoms with E-state index in [-0.39, 0.29) is 12.2 Å². The van der Waals surface area contributed by atoms with Gasteiger partial charge in [-0.15, -0.1) is 0 Å². The van der Waals surface area contributed by atoms with Gasteiger partial charge in [-0.2, -0.15) is 0 Å². The van der Waals surface area contributed by atoms with E-state index in [1.54, 1.807) is 0 Å². The minimum atomic E-state index is 0.267. The normalized spacial score (nSPS) is 23.4. The van der Waals surface area contributed by atoms with E-state index >= 15 is 0 Å². The minimum Gasteiger partial charge on any atom is -0.372 e. The maximum atomic E-state index is 5.78. The van der Waals surface area contributed by atoms with Gasteiger partial charge in [0.2, 0.25) is 0 Å². The molecule has 1 aliphatic rings. The van der Waals surface area contributed by atoms with Crippen molar-refractivity contribution in [1.82, 2.24) is 10.3 Å². The molecule has 112 valence electrons. The number of hydrogen-bond acceptors (Lipinski definition) is 4. The molecule has 1 N–H and O–H groups in total. The van der Waals surface area contributed by atoms with E-state index in [1.165, 1.54) is 5.56 Å². The van der Waals surface area contributed by atoms with Crippen LogP contribution >= 0.6 is 0 Å². The first-order valence-corrected chi connectivity index (χ1v) is 7.60. The summed E-state index contributed by atoms with van der Waals surface area (Å²) in [6, 6.07) is 4.28. The van der Waals surface area contributed by atoms with Crippen molar-refractivity contribution in [2.75, 3.05) is 24.5 Å². The van der Waals surface area contributed by atoms with Gasteiger partial charge in [-0.05, 0) is 44.0 Å². The van der Waals surface area contributed by atoms with E-state index in [9.17, 15) is 0 Å². The maximum absolute atomic E-state index is 5.78. The largest absolute Gasteiger partial charge is 0.372 e. The third-order valence-electron chi connectivity index (χ3n) is 3.44. The standard InChI is InChI=1S/C16H27N3O/c1-12(2)8-17-9-15-5-6-18-16(7-15)19-10-13(3)20-14(4)11-19/h5-7,12-14,17H,8-11H2,1-4H3. The Bertz CT molecular complexity index is 412. The van der Waals surface area contributed by atoms with Crippen LogP contribution in [0.15, 0.2) is 18.3 Å². The van der Waals surface area contributed by atoms with Crippen LogP contribution in [0.4, 0.5) is 5.82 Å². The lowest BCUT2D eigenvalue weighted by molar-refractivity contribution is -0.00546. The van der Waals surface area contributed by atoms with Crippen molar-refractivity contribution in [3.63, 3.8) is 0 Å². The Morgan fingerprint density at radius 2 is 2.05 bits per heavy atom. The van der Waals surface area contributed by atoms with Crippen LogP contribution in [0.25, 0.3) is 0 Å². The van der Waals surface area contributed by atoms with Gasteiger partial charge in [0.1, 0.15) is 5.82 Å². The van der Waals surface area contributed by atoms with Crippen molar-refractivity contribution in [2.24, 2.45) is 5.92 Å². The van der Waals surface area contributed by atoms with E-state index in [1.807, 2.05) is 6.20 Å². The fourth-order valence-electron chi connectivity index (χ4n) is 2.61. The van der Waals surface area contributed by atoms with E-state index in [4.69, 9.17) is 4.74 Å². The molecule has 2 unspecified atom stereocenters. The molecule has 4 heteroatoms.